The van der Waals surface area contributed by atoms with Gasteiger partial charge in [-0.1, -0.05) is 158 Å². The van der Waals surface area contributed by atoms with Crippen LogP contribution in [-0.2, 0) is 0 Å². The van der Waals surface area contributed by atoms with Crippen LogP contribution in [0.4, 0.5) is 0 Å². The molecular weight excluding hydrogens is 645 g/mol. The fourth-order valence-corrected chi connectivity index (χ4v) is 8.18. The van der Waals surface area contributed by atoms with E-state index in [2.05, 4.69) is 168 Å². The number of hydrogen-bond donors (Lipinski definition) is 0. The van der Waals surface area contributed by atoms with Crippen LogP contribution in [0.1, 0.15) is 0 Å². The molecule has 0 unspecified atom stereocenters. The van der Waals surface area contributed by atoms with Crippen molar-refractivity contribution >= 4 is 64.9 Å². The molecule has 246 valence electrons. The van der Waals surface area contributed by atoms with Gasteiger partial charge >= 0.3 is 0 Å². The van der Waals surface area contributed by atoms with Crippen molar-refractivity contribution < 1.29 is 0 Å². The molecule has 0 amide bonds. The molecule has 4 nitrogen and oxygen atoms in total. The molecule has 9 aromatic carbocycles. The Morgan fingerprint density at radius 1 is 0.302 bits per heavy atom. The van der Waals surface area contributed by atoms with Crippen molar-refractivity contribution in [2.45, 2.75) is 0 Å². The summed E-state index contributed by atoms with van der Waals surface area (Å²) in [5.74, 6) is 1.93. The number of rotatable bonds is 4. The number of para-hydroxylation sites is 2. The molecule has 2 aromatic heterocycles. The summed E-state index contributed by atoms with van der Waals surface area (Å²) in [6.07, 6.45) is 0. The van der Waals surface area contributed by atoms with Crippen molar-refractivity contribution in [3.8, 4) is 39.9 Å². The summed E-state index contributed by atoms with van der Waals surface area (Å²) < 4.78 is 2.38. The van der Waals surface area contributed by atoms with Crippen molar-refractivity contribution in [2.75, 3.05) is 0 Å². The van der Waals surface area contributed by atoms with Gasteiger partial charge < -0.3 is 4.57 Å². The summed E-state index contributed by atoms with van der Waals surface area (Å²) in [5, 5.41) is 12.1. The van der Waals surface area contributed by atoms with Gasteiger partial charge in [0.1, 0.15) is 0 Å². The van der Waals surface area contributed by atoms with Gasteiger partial charge in [0.25, 0.3) is 0 Å². The van der Waals surface area contributed by atoms with Gasteiger partial charge in [-0.05, 0) is 62.0 Å². The normalized spacial score (nSPS) is 11.8. The molecular formula is C49H30N4. The third-order valence-corrected chi connectivity index (χ3v) is 10.6. The van der Waals surface area contributed by atoms with Gasteiger partial charge in [0.05, 0.1) is 16.7 Å². The lowest BCUT2D eigenvalue weighted by atomic mass is 9.96. The zero-order chi connectivity index (χ0) is 34.9. The van der Waals surface area contributed by atoms with Crippen LogP contribution in [0.15, 0.2) is 182 Å². The second-order valence-corrected chi connectivity index (χ2v) is 13.6. The van der Waals surface area contributed by atoms with E-state index in [1.807, 2.05) is 18.2 Å². The minimum absolute atomic E-state index is 0.643. The minimum atomic E-state index is 0.643. The van der Waals surface area contributed by atoms with Crippen LogP contribution in [0.2, 0.25) is 0 Å². The first kappa shape index (κ1) is 29.5. The molecule has 0 N–H and O–H groups in total. The Morgan fingerprint density at radius 2 is 0.849 bits per heavy atom. The minimum Gasteiger partial charge on any atom is -0.309 e. The second kappa shape index (κ2) is 11.7. The van der Waals surface area contributed by atoms with E-state index in [4.69, 9.17) is 15.0 Å². The van der Waals surface area contributed by atoms with Gasteiger partial charge in [0, 0.05) is 32.8 Å². The van der Waals surface area contributed by atoms with Gasteiger partial charge in [0.2, 0.25) is 0 Å². The van der Waals surface area contributed by atoms with Crippen LogP contribution < -0.4 is 0 Å². The maximum absolute atomic E-state index is 5.22. The zero-order valence-electron chi connectivity index (χ0n) is 28.6. The van der Waals surface area contributed by atoms with Crippen LogP contribution in [0, 0.1) is 0 Å². The molecule has 0 aliphatic rings. The molecule has 0 saturated heterocycles. The Balaban J connectivity index is 1.11. The van der Waals surface area contributed by atoms with Gasteiger partial charge in [0.15, 0.2) is 17.5 Å². The van der Waals surface area contributed by atoms with E-state index in [1.54, 1.807) is 0 Å². The predicted molar refractivity (Wildman–Crippen MR) is 220 cm³/mol. The molecule has 0 spiro atoms. The number of nitrogens with zero attached hydrogens (tertiary/aromatic N) is 4. The lowest BCUT2D eigenvalue weighted by Gasteiger charge is -2.14. The van der Waals surface area contributed by atoms with E-state index >= 15 is 0 Å². The lowest BCUT2D eigenvalue weighted by Crippen LogP contribution is -2.01. The fraction of sp³-hybridized carbons (Fsp3) is 0. The Kier molecular flexibility index (Phi) is 6.52. The van der Waals surface area contributed by atoms with Gasteiger partial charge in [-0.15, -0.1) is 0 Å². The quantitative estimate of drug-likeness (QED) is 0.175. The van der Waals surface area contributed by atoms with Crippen LogP contribution in [0.3, 0.4) is 0 Å². The molecule has 0 saturated carbocycles. The molecule has 0 atom stereocenters. The highest BCUT2D eigenvalue weighted by atomic mass is 15.0. The first-order valence-electron chi connectivity index (χ1n) is 18.0. The molecule has 0 aliphatic heterocycles. The van der Waals surface area contributed by atoms with Crippen LogP contribution in [0.25, 0.3) is 105 Å². The summed E-state index contributed by atoms with van der Waals surface area (Å²) >= 11 is 0. The first-order valence-corrected chi connectivity index (χ1v) is 18.0. The highest BCUT2D eigenvalue weighted by Crippen LogP contribution is 2.38. The van der Waals surface area contributed by atoms with Crippen molar-refractivity contribution in [1.82, 2.24) is 19.5 Å². The van der Waals surface area contributed by atoms with Crippen LogP contribution in [-0.4, -0.2) is 19.5 Å². The summed E-state index contributed by atoms with van der Waals surface area (Å²) in [6.45, 7) is 0. The Hall–Kier alpha value is -7.17. The van der Waals surface area contributed by atoms with E-state index in [1.165, 1.54) is 48.7 Å². The standard InChI is InChI=1S/C49H30N4/c1-2-13-32(14-3-1)47-50-48(34-26-27-36-33(30-34)25-29-38-35-15-5-4-12-31(35)24-28-39(36)38)52-49(51-47)43-20-10-19-40-37(43)18-11-23-46(40)53-44-21-8-6-16-41(44)42-17-7-9-22-45(42)53/h1-30H. The monoisotopic (exact) mass is 674 g/mol. The van der Waals surface area contributed by atoms with E-state index in [0.717, 1.165) is 38.5 Å². The van der Waals surface area contributed by atoms with Crippen molar-refractivity contribution in [2.24, 2.45) is 0 Å². The largest absolute Gasteiger partial charge is 0.309 e. The molecule has 0 fully saturated rings. The third kappa shape index (κ3) is 4.66. The van der Waals surface area contributed by atoms with Crippen LogP contribution >= 0.6 is 0 Å². The van der Waals surface area contributed by atoms with Crippen molar-refractivity contribution in [3.63, 3.8) is 0 Å². The molecule has 11 rings (SSSR count). The summed E-state index contributed by atoms with van der Waals surface area (Å²) in [5.41, 5.74) is 6.33. The molecule has 4 heteroatoms. The van der Waals surface area contributed by atoms with E-state index in [9.17, 15) is 0 Å². The zero-order valence-corrected chi connectivity index (χ0v) is 28.6. The molecule has 2 heterocycles. The smallest absolute Gasteiger partial charge is 0.164 e. The lowest BCUT2D eigenvalue weighted by molar-refractivity contribution is 1.08. The van der Waals surface area contributed by atoms with E-state index in [0.29, 0.717) is 17.5 Å². The Morgan fingerprint density at radius 3 is 1.62 bits per heavy atom. The second-order valence-electron chi connectivity index (χ2n) is 13.6. The van der Waals surface area contributed by atoms with Crippen molar-refractivity contribution in [1.29, 1.82) is 0 Å². The van der Waals surface area contributed by atoms with E-state index < -0.39 is 0 Å². The number of fused-ring (bicyclic) bond motifs is 9. The van der Waals surface area contributed by atoms with Gasteiger partial charge in [-0.3, -0.25) is 0 Å². The fourth-order valence-electron chi connectivity index (χ4n) is 8.18. The highest BCUT2D eigenvalue weighted by molar-refractivity contribution is 6.17. The molecule has 11 aromatic rings. The third-order valence-electron chi connectivity index (χ3n) is 10.6. The number of hydrogen-bond acceptors (Lipinski definition) is 3. The summed E-state index contributed by atoms with van der Waals surface area (Å²) in [7, 11) is 0. The molecule has 0 bridgehead atoms. The SMILES string of the molecule is c1ccc(-c2nc(-c3ccc4c(ccc5c6ccccc6ccc45)c3)nc(-c3cccc4c(-n5c6ccccc6c6ccccc65)cccc34)n2)cc1. The number of aromatic nitrogens is 4. The average molecular weight is 675 g/mol. The van der Waals surface area contributed by atoms with Gasteiger partial charge in [-0.25, -0.2) is 15.0 Å². The Labute approximate surface area is 305 Å². The highest BCUT2D eigenvalue weighted by Gasteiger charge is 2.18. The maximum Gasteiger partial charge on any atom is 0.164 e. The van der Waals surface area contributed by atoms with E-state index in [-0.39, 0.29) is 0 Å². The average Bonchev–Trinajstić information content (AvgIpc) is 3.57. The summed E-state index contributed by atoms with van der Waals surface area (Å²) in [6, 6.07) is 64.5. The summed E-state index contributed by atoms with van der Waals surface area (Å²) in [4.78, 5) is 15.5. The number of benzene rings is 9. The Bertz CT molecular complexity index is 3180. The van der Waals surface area contributed by atoms with Crippen molar-refractivity contribution in [3.05, 3.63) is 182 Å². The van der Waals surface area contributed by atoms with Gasteiger partial charge in [-0.2, -0.15) is 0 Å². The van der Waals surface area contributed by atoms with Crippen LogP contribution in [0.5, 0.6) is 0 Å². The predicted octanol–water partition coefficient (Wildman–Crippen LogP) is 12.6. The molecule has 0 radical (unpaired) electrons. The molecule has 0 aliphatic carbocycles. The topological polar surface area (TPSA) is 43.6 Å². The first-order chi connectivity index (χ1) is 26.3. The molecule has 53 heavy (non-hydrogen) atoms. The maximum atomic E-state index is 5.22.